The molecule has 7 heteroatoms. The third-order valence-electron chi connectivity index (χ3n) is 5.93. The van der Waals surface area contributed by atoms with Crippen LogP contribution in [0.3, 0.4) is 0 Å². The third kappa shape index (κ3) is 4.88. The van der Waals surface area contributed by atoms with Crippen LogP contribution in [-0.4, -0.2) is 35.6 Å². The van der Waals surface area contributed by atoms with Gasteiger partial charge in [0.2, 0.25) is 0 Å². The Kier molecular flexibility index (Phi) is 6.51. The second-order valence-electron chi connectivity index (χ2n) is 8.33. The molecule has 1 atom stereocenters. The van der Waals surface area contributed by atoms with Crippen molar-refractivity contribution in [2.24, 2.45) is 0 Å². The number of pyridine rings is 1. The number of fused-ring (bicyclic) bond motifs is 1. The molecule has 0 bridgehead atoms. The molecule has 2 aromatic heterocycles. The largest absolute Gasteiger partial charge is 0.384 e. The second-order valence-corrected chi connectivity index (χ2v) is 8.33. The normalized spacial score (nSPS) is 15.7. The molecule has 3 aromatic rings. The standard InChI is InChI=1S/C24H29FN4O2/c1-15(14-31-2)21-12-19-22(27-17-6-4-3-5-7-17)20(13-26-23(19)29-21)24(30)28-18-10-8-16(25)9-11-18/h8-13,15,17H,3-7,14H2,1-2H3,(H,28,30)(H2,26,27,29). The van der Waals surface area contributed by atoms with E-state index in [2.05, 4.69) is 33.6 Å². The zero-order chi connectivity index (χ0) is 21.8. The zero-order valence-electron chi connectivity index (χ0n) is 18.0. The number of methoxy groups -OCH3 is 1. The molecule has 1 unspecified atom stereocenters. The fourth-order valence-corrected chi connectivity index (χ4v) is 4.21. The first-order valence-electron chi connectivity index (χ1n) is 10.9. The van der Waals surface area contributed by atoms with Gasteiger partial charge in [-0.3, -0.25) is 4.79 Å². The van der Waals surface area contributed by atoms with Gasteiger partial charge in [-0.25, -0.2) is 9.37 Å². The Hall–Kier alpha value is -2.93. The van der Waals surface area contributed by atoms with E-state index in [-0.39, 0.29) is 17.6 Å². The molecular formula is C24H29FN4O2. The molecule has 31 heavy (non-hydrogen) atoms. The number of carbonyl (C=O) groups excluding carboxylic acids is 1. The van der Waals surface area contributed by atoms with Gasteiger partial charge in [0.15, 0.2) is 0 Å². The number of carbonyl (C=O) groups is 1. The molecule has 0 spiro atoms. The minimum Gasteiger partial charge on any atom is -0.384 e. The van der Waals surface area contributed by atoms with Crippen molar-refractivity contribution in [2.75, 3.05) is 24.4 Å². The predicted octanol–water partition coefficient (Wildman–Crippen LogP) is 5.45. The number of hydrogen-bond donors (Lipinski definition) is 3. The van der Waals surface area contributed by atoms with Gasteiger partial charge in [0, 0.05) is 42.0 Å². The molecule has 3 N–H and O–H groups in total. The van der Waals surface area contributed by atoms with Crippen molar-refractivity contribution in [2.45, 2.75) is 51.0 Å². The summed E-state index contributed by atoms with van der Waals surface area (Å²) in [4.78, 5) is 21.0. The first-order valence-corrected chi connectivity index (χ1v) is 10.9. The molecule has 1 aromatic carbocycles. The maximum absolute atomic E-state index is 13.2. The highest BCUT2D eigenvalue weighted by Gasteiger charge is 2.22. The van der Waals surface area contributed by atoms with Gasteiger partial charge in [-0.1, -0.05) is 26.2 Å². The van der Waals surface area contributed by atoms with Gasteiger partial charge in [-0.15, -0.1) is 0 Å². The van der Waals surface area contributed by atoms with Crippen LogP contribution in [0.1, 0.15) is 61.0 Å². The van der Waals surface area contributed by atoms with Crippen LogP contribution in [0.5, 0.6) is 0 Å². The number of nitrogens with zero attached hydrogens (tertiary/aromatic N) is 1. The zero-order valence-corrected chi connectivity index (χ0v) is 18.0. The first-order chi connectivity index (χ1) is 15.0. The second kappa shape index (κ2) is 9.47. The number of hydrogen-bond acceptors (Lipinski definition) is 4. The molecule has 0 saturated heterocycles. The van der Waals surface area contributed by atoms with E-state index in [0.717, 1.165) is 35.3 Å². The highest BCUT2D eigenvalue weighted by Crippen LogP contribution is 2.32. The van der Waals surface area contributed by atoms with Crippen LogP contribution in [0.15, 0.2) is 36.5 Å². The summed E-state index contributed by atoms with van der Waals surface area (Å²) in [6, 6.07) is 8.14. The number of H-pyrrole nitrogens is 1. The van der Waals surface area contributed by atoms with Crippen molar-refractivity contribution in [1.82, 2.24) is 9.97 Å². The summed E-state index contributed by atoms with van der Waals surface area (Å²) >= 11 is 0. The average molecular weight is 425 g/mol. The molecule has 1 aliphatic rings. The summed E-state index contributed by atoms with van der Waals surface area (Å²) in [7, 11) is 1.69. The smallest absolute Gasteiger partial charge is 0.259 e. The van der Waals surface area contributed by atoms with Gasteiger partial charge in [0.25, 0.3) is 5.91 Å². The van der Waals surface area contributed by atoms with Crippen LogP contribution in [-0.2, 0) is 4.74 Å². The molecule has 164 valence electrons. The maximum atomic E-state index is 13.2. The van der Waals surface area contributed by atoms with Crippen LogP contribution in [0.25, 0.3) is 11.0 Å². The Balaban J connectivity index is 1.70. The molecule has 1 saturated carbocycles. The third-order valence-corrected chi connectivity index (χ3v) is 5.93. The van der Waals surface area contributed by atoms with Crippen LogP contribution >= 0.6 is 0 Å². The quantitative estimate of drug-likeness (QED) is 0.471. The topological polar surface area (TPSA) is 79.0 Å². The van der Waals surface area contributed by atoms with Gasteiger partial charge in [-0.05, 0) is 43.2 Å². The van der Waals surface area contributed by atoms with Crippen LogP contribution < -0.4 is 10.6 Å². The molecular weight excluding hydrogens is 395 g/mol. The minimum atomic E-state index is -0.342. The highest BCUT2D eigenvalue weighted by atomic mass is 19.1. The van der Waals surface area contributed by atoms with Crippen LogP contribution in [0, 0.1) is 5.82 Å². The van der Waals surface area contributed by atoms with Gasteiger partial charge >= 0.3 is 0 Å². The van der Waals surface area contributed by atoms with Gasteiger partial charge in [-0.2, -0.15) is 0 Å². The first kappa shape index (κ1) is 21.3. The highest BCUT2D eigenvalue weighted by molar-refractivity contribution is 6.12. The molecule has 0 radical (unpaired) electrons. The van der Waals surface area contributed by atoms with E-state index in [1.165, 1.54) is 31.4 Å². The van der Waals surface area contributed by atoms with E-state index >= 15 is 0 Å². The van der Waals surface area contributed by atoms with E-state index in [4.69, 9.17) is 4.74 Å². The number of rotatable bonds is 7. The van der Waals surface area contributed by atoms with Crippen molar-refractivity contribution < 1.29 is 13.9 Å². The number of anilines is 2. The van der Waals surface area contributed by atoms with E-state index in [9.17, 15) is 9.18 Å². The lowest BCUT2D eigenvalue weighted by atomic mass is 9.95. The monoisotopic (exact) mass is 424 g/mol. The number of aromatic nitrogens is 2. The van der Waals surface area contributed by atoms with Crippen molar-refractivity contribution in [1.29, 1.82) is 0 Å². The Morgan fingerprint density at radius 2 is 2.00 bits per heavy atom. The average Bonchev–Trinajstić information content (AvgIpc) is 3.21. The minimum absolute atomic E-state index is 0.179. The Morgan fingerprint density at radius 1 is 1.26 bits per heavy atom. The molecule has 2 heterocycles. The predicted molar refractivity (Wildman–Crippen MR) is 121 cm³/mol. The number of halogens is 1. The van der Waals surface area contributed by atoms with Crippen molar-refractivity contribution >= 4 is 28.3 Å². The number of amides is 1. The van der Waals surface area contributed by atoms with E-state index < -0.39 is 0 Å². The lowest BCUT2D eigenvalue weighted by Gasteiger charge is -2.25. The number of benzene rings is 1. The molecule has 4 rings (SSSR count). The van der Waals surface area contributed by atoms with E-state index in [0.29, 0.717) is 23.9 Å². The van der Waals surface area contributed by atoms with E-state index in [1.54, 1.807) is 25.4 Å². The lowest BCUT2D eigenvalue weighted by Crippen LogP contribution is -2.24. The van der Waals surface area contributed by atoms with Gasteiger partial charge in [0.1, 0.15) is 11.5 Å². The maximum Gasteiger partial charge on any atom is 0.259 e. The number of aromatic amines is 1. The molecule has 1 fully saturated rings. The molecule has 0 aliphatic heterocycles. The van der Waals surface area contributed by atoms with Gasteiger partial charge < -0.3 is 20.4 Å². The van der Waals surface area contributed by atoms with Gasteiger partial charge in [0.05, 0.1) is 17.9 Å². The SMILES string of the molecule is COCC(C)c1cc2c(NC3CCCCC3)c(C(=O)Nc3ccc(F)cc3)cnc2[nH]1. The fourth-order valence-electron chi connectivity index (χ4n) is 4.21. The molecule has 1 amide bonds. The van der Waals surface area contributed by atoms with E-state index in [1.807, 2.05) is 0 Å². The summed E-state index contributed by atoms with van der Waals surface area (Å²) in [5.41, 5.74) is 3.58. The number of nitrogens with one attached hydrogen (secondary N) is 3. The number of ether oxygens (including phenoxy) is 1. The van der Waals surface area contributed by atoms with Crippen molar-refractivity contribution in [3.8, 4) is 0 Å². The summed E-state index contributed by atoms with van der Waals surface area (Å²) < 4.78 is 18.5. The fraction of sp³-hybridized carbons (Fsp3) is 0.417. The molecule has 1 aliphatic carbocycles. The lowest BCUT2D eigenvalue weighted by molar-refractivity contribution is 0.102. The molecule has 6 nitrogen and oxygen atoms in total. The summed E-state index contributed by atoms with van der Waals surface area (Å²) in [6.45, 7) is 2.68. The summed E-state index contributed by atoms with van der Waals surface area (Å²) in [5, 5.41) is 7.40. The Morgan fingerprint density at radius 3 is 2.71 bits per heavy atom. The van der Waals surface area contributed by atoms with Crippen LogP contribution in [0.2, 0.25) is 0 Å². The summed E-state index contributed by atoms with van der Waals surface area (Å²) in [6.07, 6.45) is 7.40. The Bertz CT molecular complexity index is 1040. The summed E-state index contributed by atoms with van der Waals surface area (Å²) in [5.74, 6) is -0.434. The van der Waals surface area contributed by atoms with Crippen LogP contribution in [0.4, 0.5) is 15.8 Å². The van der Waals surface area contributed by atoms with Crippen molar-refractivity contribution in [3.05, 3.63) is 53.6 Å². The Labute approximate surface area is 181 Å². The van der Waals surface area contributed by atoms with Crippen molar-refractivity contribution in [3.63, 3.8) is 0 Å².